The minimum atomic E-state index is 1.18. The smallest absolute Gasteiger partial charge is 0.234 e. The van der Waals surface area contributed by atoms with Crippen molar-refractivity contribution in [3.63, 3.8) is 0 Å². The zero-order chi connectivity index (χ0) is 18.9. The molecule has 0 unspecified atom stereocenters. The Balaban J connectivity index is 2.30. The van der Waals surface area contributed by atoms with Gasteiger partial charge in [0.25, 0.3) is 5.82 Å². The van der Waals surface area contributed by atoms with Crippen LogP contribution in [-0.4, -0.2) is 4.57 Å². The van der Waals surface area contributed by atoms with Gasteiger partial charge in [-0.1, -0.05) is 91.4 Å². The molecular weight excluding hydrogens is 316 g/mol. The van der Waals surface area contributed by atoms with Gasteiger partial charge in [-0.3, -0.25) is 0 Å². The predicted octanol–water partition coefficient (Wildman–Crippen LogP) is 7.23. The average molecular weight is 364 g/mol. The number of hydrogen-bond acceptors (Lipinski definition) is 0. The summed E-state index contributed by atoms with van der Waals surface area (Å²) in [5.74, 6) is 1.57. The molecule has 1 heterocycles. The van der Waals surface area contributed by atoms with Crippen molar-refractivity contribution in [1.29, 1.82) is 0 Å². The first-order valence-electron chi connectivity index (χ1n) is 11.9. The average Bonchev–Trinajstić information content (AvgIpc) is 3.02. The lowest BCUT2D eigenvalue weighted by Crippen LogP contribution is -2.37. The van der Waals surface area contributed by atoms with Crippen LogP contribution in [0.1, 0.15) is 123 Å². The van der Waals surface area contributed by atoms with Gasteiger partial charge in [0.05, 0.1) is 13.1 Å². The lowest BCUT2D eigenvalue weighted by Gasteiger charge is -2.06. The van der Waals surface area contributed by atoms with Gasteiger partial charge in [0.15, 0.2) is 0 Å². The standard InChI is InChI=1S/C24H47N2/c1-4-7-9-11-13-14-16-18-21-26-23-22-25(20-6-3)24(26)19-17-15-12-10-8-5-2/h22-23H,4-21H2,1-3H3/q+1. The number of aromatic nitrogens is 2. The van der Waals surface area contributed by atoms with E-state index < -0.39 is 0 Å². The van der Waals surface area contributed by atoms with Gasteiger partial charge in [0, 0.05) is 6.42 Å². The lowest BCUT2D eigenvalue weighted by molar-refractivity contribution is -0.703. The van der Waals surface area contributed by atoms with E-state index in [2.05, 4.69) is 42.3 Å². The monoisotopic (exact) mass is 363 g/mol. The first-order valence-corrected chi connectivity index (χ1v) is 11.9. The van der Waals surface area contributed by atoms with E-state index in [4.69, 9.17) is 0 Å². The third kappa shape index (κ3) is 10.4. The third-order valence-corrected chi connectivity index (χ3v) is 5.56. The molecule has 0 spiro atoms. The molecule has 0 saturated heterocycles. The molecule has 0 bridgehead atoms. The van der Waals surface area contributed by atoms with Gasteiger partial charge in [-0.2, -0.15) is 0 Å². The fourth-order valence-corrected chi connectivity index (χ4v) is 3.91. The maximum Gasteiger partial charge on any atom is 0.256 e. The first-order chi connectivity index (χ1) is 12.8. The Morgan fingerprint density at radius 2 is 1.19 bits per heavy atom. The van der Waals surface area contributed by atoms with E-state index >= 15 is 0 Å². The van der Waals surface area contributed by atoms with E-state index in [1.165, 1.54) is 116 Å². The minimum Gasteiger partial charge on any atom is -0.234 e. The van der Waals surface area contributed by atoms with Crippen molar-refractivity contribution in [2.45, 2.75) is 137 Å². The van der Waals surface area contributed by atoms with Crippen molar-refractivity contribution in [3.05, 3.63) is 18.2 Å². The van der Waals surface area contributed by atoms with Crippen LogP contribution >= 0.6 is 0 Å². The van der Waals surface area contributed by atoms with Gasteiger partial charge in [0.2, 0.25) is 0 Å². The topological polar surface area (TPSA) is 8.81 Å². The summed E-state index contributed by atoms with van der Waals surface area (Å²) in [7, 11) is 0. The van der Waals surface area contributed by atoms with Gasteiger partial charge in [-0.25, -0.2) is 9.13 Å². The summed E-state index contributed by atoms with van der Waals surface area (Å²) in [6, 6.07) is 0. The van der Waals surface area contributed by atoms with Crippen LogP contribution in [0.15, 0.2) is 12.4 Å². The molecule has 0 saturated carbocycles. The predicted molar refractivity (Wildman–Crippen MR) is 115 cm³/mol. The van der Waals surface area contributed by atoms with E-state index in [-0.39, 0.29) is 0 Å². The zero-order valence-electron chi connectivity index (χ0n) is 18.3. The van der Waals surface area contributed by atoms with Crippen LogP contribution < -0.4 is 4.57 Å². The highest BCUT2D eigenvalue weighted by atomic mass is 15.1. The van der Waals surface area contributed by atoms with Gasteiger partial charge in [0.1, 0.15) is 12.4 Å². The van der Waals surface area contributed by atoms with Crippen molar-refractivity contribution in [2.24, 2.45) is 0 Å². The molecule has 2 nitrogen and oxygen atoms in total. The Kier molecular flexibility index (Phi) is 14.7. The quantitative estimate of drug-likeness (QED) is 0.192. The molecule has 2 heteroatoms. The van der Waals surface area contributed by atoms with Crippen molar-refractivity contribution < 1.29 is 4.57 Å². The number of aryl methyl sites for hydroxylation is 2. The number of imidazole rings is 1. The summed E-state index contributed by atoms with van der Waals surface area (Å²) in [5, 5.41) is 0. The summed E-state index contributed by atoms with van der Waals surface area (Å²) in [5.41, 5.74) is 0. The highest BCUT2D eigenvalue weighted by Gasteiger charge is 2.15. The lowest BCUT2D eigenvalue weighted by atomic mass is 10.1. The van der Waals surface area contributed by atoms with Gasteiger partial charge < -0.3 is 0 Å². The summed E-state index contributed by atoms with van der Waals surface area (Å²) in [6.45, 7) is 9.28. The molecular formula is C24H47N2+. The Bertz CT molecular complexity index is 422. The van der Waals surface area contributed by atoms with Crippen LogP contribution in [0.5, 0.6) is 0 Å². The maximum absolute atomic E-state index is 2.55. The number of unbranched alkanes of at least 4 members (excludes halogenated alkanes) is 12. The molecule has 0 aliphatic heterocycles. The molecule has 0 aliphatic rings. The van der Waals surface area contributed by atoms with Crippen LogP contribution in [0.4, 0.5) is 0 Å². The van der Waals surface area contributed by atoms with E-state index in [1.54, 1.807) is 5.82 Å². The van der Waals surface area contributed by atoms with E-state index in [9.17, 15) is 0 Å². The van der Waals surface area contributed by atoms with E-state index in [0.29, 0.717) is 0 Å². The third-order valence-electron chi connectivity index (χ3n) is 5.56. The van der Waals surface area contributed by atoms with Crippen molar-refractivity contribution >= 4 is 0 Å². The minimum absolute atomic E-state index is 1.18. The summed E-state index contributed by atoms with van der Waals surface area (Å²) in [4.78, 5) is 0. The Hall–Kier alpha value is -0.790. The largest absolute Gasteiger partial charge is 0.256 e. The first kappa shape index (κ1) is 23.2. The molecule has 0 fully saturated rings. The Morgan fingerprint density at radius 3 is 1.77 bits per heavy atom. The molecule has 0 aliphatic carbocycles. The van der Waals surface area contributed by atoms with E-state index in [1.807, 2.05) is 0 Å². The SMILES string of the molecule is CCCCCCCCCCn1cc[n+](CCC)c1CCCCCCCC. The number of nitrogens with zero attached hydrogens (tertiary/aromatic N) is 2. The molecule has 1 rings (SSSR count). The van der Waals surface area contributed by atoms with Crippen molar-refractivity contribution in [2.75, 3.05) is 0 Å². The molecule has 26 heavy (non-hydrogen) atoms. The van der Waals surface area contributed by atoms with Crippen LogP contribution in [0.3, 0.4) is 0 Å². The fourth-order valence-electron chi connectivity index (χ4n) is 3.91. The number of hydrogen-bond donors (Lipinski definition) is 0. The summed E-state index contributed by atoms with van der Waals surface area (Å²) in [6.07, 6.45) is 26.7. The highest BCUT2D eigenvalue weighted by molar-refractivity contribution is 4.84. The maximum atomic E-state index is 2.55. The molecule has 0 N–H and O–H groups in total. The summed E-state index contributed by atoms with van der Waals surface area (Å²) >= 11 is 0. The molecule has 0 amide bonds. The molecule has 152 valence electrons. The summed E-state index contributed by atoms with van der Waals surface area (Å²) < 4.78 is 5.07. The normalized spacial score (nSPS) is 11.3. The fraction of sp³-hybridized carbons (Fsp3) is 0.875. The van der Waals surface area contributed by atoms with E-state index in [0.717, 1.165) is 0 Å². The molecule has 1 aromatic rings. The van der Waals surface area contributed by atoms with Crippen LogP contribution in [-0.2, 0) is 19.5 Å². The second kappa shape index (κ2) is 16.4. The second-order valence-corrected chi connectivity index (χ2v) is 8.09. The van der Waals surface area contributed by atoms with Crippen LogP contribution in [0.2, 0.25) is 0 Å². The molecule has 1 aromatic heterocycles. The number of rotatable bonds is 18. The van der Waals surface area contributed by atoms with Crippen molar-refractivity contribution in [1.82, 2.24) is 4.57 Å². The highest BCUT2D eigenvalue weighted by Crippen LogP contribution is 2.12. The molecule has 0 aromatic carbocycles. The van der Waals surface area contributed by atoms with Gasteiger partial charge in [-0.15, -0.1) is 0 Å². The Morgan fingerprint density at radius 1 is 0.654 bits per heavy atom. The van der Waals surface area contributed by atoms with Crippen LogP contribution in [0, 0.1) is 0 Å². The second-order valence-electron chi connectivity index (χ2n) is 8.09. The molecule has 0 radical (unpaired) electrons. The Labute approximate surface area is 164 Å². The van der Waals surface area contributed by atoms with Gasteiger partial charge >= 0.3 is 0 Å². The van der Waals surface area contributed by atoms with Gasteiger partial charge in [-0.05, 0) is 25.7 Å². The zero-order valence-corrected chi connectivity index (χ0v) is 18.3. The molecule has 0 atom stereocenters. The van der Waals surface area contributed by atoms with Crippen molar-refractivity contribution in [3.8, 4) is 0 Å². The van der Waals surface area contributed by atoms with Crippen LogP contribution in [0.25, 0.3) is 0 Å².